The highest BCUT2D eigenvalue weighted by molar-refractivity contribution is 6.30. The van der Waals surface area contributed by atoms with Crippen molar-refractivity contribution >= 4 is 11.6 Å². The van der Waals surface area contributed by atoms with Crippen molar-refractivity contribution in [2.45, 2.75) is 12.5 Å². The molecule has 1 heterocycles. The zero-order chi connectivity index (χ0) is 12.4. The highest BCUT2D eigenvalue weighted by Crippen LogP contribution is 2.20. The van der Waals surface area contributed by atoms with Crippen LogP contribution in [0.25, 0.3) is 0 Å². The zero-order valence-electron chi connectivity index (χ0n) is 9.40. The van der Waals surface area contributed by atoms with E-state index in [2.05, 4.69) is 4.98 Å². The topological polar surface area (TPSA) is 43.8 Å². The fourth-order valence-electron chi connectivity index (χ4n) is 1.75. The molecule has 1 unspecified atom stereocenters. The largest absolute Gasteiger partial charge is 0.336 e. The number of imidazole rings is 1. The Hall–Kier alpha value is -1.39. The molecule has 2 N–H and O–H groups in total. The van der Waals surface area contributed by atoms with Crippen LogP contribution in [0, 0.1) is 5.82 Å². The minimum atomic E-state index is -0.412. The van der Waals surface area contributed by atoms with E-state index < -0.39 is 5.82 Å². The molecule has 2 aromatic rings. The first-order valence-electron chi connectivity index (χ1n) is 5.23. The molecule has 0 radical (unpaired) electrons. The van der Waals surface area contributed by atoms with Crippen LogP contribution in [-0.2, 0) is 13.5 Å². The number of nitrogens with two attached hydrogens (primary N) is 1. The van der Waals surface area contributed by atoms with Gasteiger partial charge in [-0.3, -0.25) is 0 Å². The maximum atomic E-state index is 13.0. The van der Waals surface area contributed by atoms with E-state index in [9.17, 15) is 4.39 Å². The van der Waals surface area contributed by atoms with Crippen LogP contribution in [0.15, 0.2) is 30.7 Å². The van der Waals surface area contributed by atoms with E-state index in [1.54, 1.807) is 24.7 Å². The Morgan fingerprint density at radius 3 is 2.88 bits per heavy atom. The molecule has 1 atom stereocenters. The molecular formula is C12H13ClFN3. The molecule has 1 aromatic heterocycles. The smallest absolute Gasteiger partial charge is 0.141 e. The Kier molecular flexibility index (Phi) is 3.45. The molecule has 17 heavy (non-hydrogen) atoms. The van der Waals surface area contributed by atoms with Crippen molar-refractivity contribution < 1.29 is 4.39 Å². The summed E-state index contributed by atoms with van der Waals surface area (Å²) in [6.07, 6.45) is 4.03. The number of aromatic nitrogens is 2. The number of nitrogens with zero attached hydrogens (tertiary/aromatic N) is 2. The van der Waals surface area contributed by atoms with E-state index >= 15 is 0 Å². The molecule has 0 bridgehead atoms. The molecule has 1 aromatic carbocycles. The van der Waals surface area contributed by atoms with Gasteiger partial charge in [-0.15, -0.1) is 0 Å². The number of halogens is 2. The molecule has 0 fully saturated rings. The highest BCUT2D eigenvalue weighted by Gasteiger charge is 2.11. The van der Waals surface area contributed by atoms with Gasteiger partial charge in [0.05, 0.1) is 23.1 Å². The summed E-state index contributed by atoms with van der Waals surface area (Å²) in [6, 6.07) is 4.47. The van der Waals surface area contributed by atoms with Crippen molar-refractivity contribution in [1.29, 1.82) is 0 Å². The summed E-state index contributed by atoms with van der Waals surface area (Å²) in [5.74, 6) is -0.412. The Morgan fingerprint density at radius 1 is 1.53 bits per heavy atom. The van der Waals surface area contributed by atoms with Crippen LogP contribution in [0.1, 0.15) is 17.3 Å². The first-order chi connectivity index (χ1) is 8.08. The molecule has 90 valence electrons. The second-order valence-corrected chi connectivity index (χ2v) is 4.40. The number of hydrogen-bond donors (Lipinski definition) is 1. The number of rotatable bonds is 3. The normalized spacial score (nSPS) is 12.7. The lowest BCUT2D eigenvalue weighted by molar-refractivity contribution is 0.623. The molecule has 0 aliphatic rings. The van der Waals surface area contributed by atoms with Crippen LogP contribution in [0.5, 0.6) is 0 Å². The van der Waals surface area contributed by atoms with Crippen molar-refractivity contribution in [3.05, 3.63) is 52.8 Å². The third kappa shape index (κ3) is 2.65. The number of benzene rings is 1. The first-order valence-corrected chi connectivity index (χ1v) is 5.61. The van der Waals surface area contributed by atoms with Crippen LogP contribution in [0.3, 0.4) is 0 Å². The van der Waals surface area contributed by atoms with Crippen LogP contribution >= 0.6 is 11.6 Å². The Balaban J connectivity index is 2.16. The maximum Gasteiger partial charge on any atom is 0.141 e. The third-order valence-electron chi connectivity index (χ3n) is 2.67. The summed E-state index contributed by atoms with van der Waals surface area (Å²) in [5.41, 5.74) is 7.91. The summed E-state index contributed by atoms with van der Waals surface area (Å²) in [6.45, 7) is 0. The molecule has 3 nitrogen and oxygen atoms in total. The number of hydrogen-bond acceptors (Lipinski definition) is 2. The molecule has 0 saturated heterocycles. The van der Waals surface area contributed by atoms with Gasteiger partial charge < -0.3 is 10.3 Å². The van der Waals surface area contributed by atoms with E-state index in [0.29, 0.717) is 6.42 Å². The van der Waals surface area contributed by atoms with Gasteiger partial charge in [0.1, 0.15) is 5.82 Å². The monoisotopic (exact) mass is 253 g/mol. The molecule has 0 spiro atoms. The minimum Gasteiger partial charge on any atom is -0.336 e. The van der Waals surface area contributed by atoms with Crippen LogP contribution in [0.2, 0.25) is 5.02 Å². The average molecular weight is 254 g/mol. The lowest BCUT2D eigenvalue weighted by Gasteiger charge is -2.12. The van der Waals surface area contributed by atoms with Crippen LogP contribution < -0.4 is 5.73 Å². The molecular weight excluding hydrogens is 241 g/mol. The van der Waals surface area contributed by atoms with E-state index in [1.807, 2.05) is 11.6 Å². The molecule has 2 rings (SSSR count). The molecule has 0 saturated carbocycles. The SMILES string of the molecule is Cn1cncc1C(N)Cc1ccc(F)c(Cl)c1. The van der Waals surface area contributed by atoms with E-state index in [-0.39, 0.29) is 11.1 Å². The second-order valence-electron chi connectivity index (χ2n) is 3.99. The average Bonchev–Trinajstić information content (AvgIpc) is 2.70. The van der Waals surface area contributed by atoms with Gasteiger partial charge in [-0.2, -0.15) is 0 Å². The predicted octanol–water partition coefficient (Wildman–Crippen LogP) is 2.46. The summed E-state index contributed by atoms with van der Waals surface area (Å²) < 4.78 is 14.9. The first kappa shape index (κ1) is 12.1. The fraction of sp³-hybridized carbons (Fsp3) is 0.250. The van der Waals surface area contributed by atoms with Gasteiger partial charge in [0, 0.05) is 13.2 Å². The van der Waals surface area contributed by atoms with E-state index in [0.717, 1.165) is 11.3 Å². The standard InChI is InChI=1S/C12H13ClFN3/c1-17-7-16-6-12(17)11(15)5-8-2-3-10(14)9(13)4-8/h2-4,6-7,11H,5,15H2,1H3. The van der Waals surface area contributed by atoms with E-state index in [1.165, 1.54) is 6.07 Å². The van der Waals surface area contributed by atoms with Crippen LogP contribution in [-0.4, -0.2) is 9.55 Å². The predicted molar refractivity (Wildman–Crippen MR) is 65.3 cm³/mol. The van der Waals surface area contributed by atoms with Gasteiger partial charge in [0.15, 0.2) is 0 Å². The summed E-state index contributed by atoms with van der Waals surface area (Å²) in [7, 11) is 1.89. The van der Waals surface area contributed by atoms with Crippen molar-refractivity contribution in [2.24, 2.45) is 12.8 Å². The quantitative estimate of drug-likeness (QED) is 0.913. The lowest BCUT2D eigenvalue weighted by atomic mass is 10.0. The van der Waals surface area contributed by atoms with Gasteiger partial charge >= 0.3 is 0 Å². The third-order valence-corrected chi connectivity index (χ3v) is 2.96. The second kappa shape index (κ2) is 4.85. The summed E-state index contributed by atoms with van der Waals surface area (Å²) >= 11 is 5.72. The maximum absolute atomic E-state index is 13.0. The molecule has 0 aliphatic carbocycles. The Bertz CT molecular complexity index is 524. The Morgan fingerprint density at radius 2 is 2.29 bits per heavy atom. The van der Waals surface area contributed by atoms with Gasteiger partial charge in [0.25, 0.3) is 0 Å². The highest BCUT2D eigenvalue weighted by atomic mass is 35.5. The van der Waals surface area contributed by atoms with Crippen LogP contribution in [0.4, 0.5) is 4.39 Å². The molecule has 0 aliphatic heterocycles. The van der Waals surface area contributed by atoms with Crippen molar-refractivity contribution in [2.75, 3.05) is 0 Å². The van der Waals surface area contributed by atoms with Crippen molar-refractivity contribution in [1.82, 2.24) is 9.55 Å². The summed E-state index contributed by atoms with van der Waals surface area (Å²) in [5, 5.41) is 0.125. The number of aryl methyl sites for hydroxylation is 1. The van der Waals surface area contributed by atoms with Gasteiger partial charge in [0.2, 0.25) is 0 Å². The van der Waals surface area contributed by atoms with Gasteiger partial charge in [-0.25, -0.2) is 9.37 Å². The van der Waals surface area contributed by atoms with Crippen molar-refractivity contribution in [3.63, 3.8) is 0 Å². The lowest BCUT2D eigenvalue weighted by Crippen LogP contribution is -2.16. The fourth-order valence-corrected chi connectivity index (χ4v) is 1.95. The summed E-state index contributed by atoms with van der Waals surface area (Å²) in [4.78, 5) is 4.01. The zero-order valence-corrected chi connectivity index (χ0v) is 10.2. The van der Waals surface area contributed by atoms with Gasteiger partial charge in [-0.1, -0.05) is 17.7 Å². The van der Waals surface area contributed by atoms with Gasteiger partial charge in [-0.05, 0) is 24.1 Å². The van der Waals surface area contributed by atoms with E-state index in [4.69, 9.17) is 17.3 Å². The minimum absolute atomic E-state index is 0.125. The molecule has 5 heteroatoms. The molecule has 0 amide bonds. The Labute approximate surface area is 104 Å². The van der Waals surface area contributed by atoms with Crippen molar-refractivity contribution in [3.8, 4) is 0 Å².